The standard InChI is InChI=1S/C12H16O/c1-9(2)7-11-8-10-5-3-4-6-12(10)13-11/h3-4,6,8-10H,5,7H2,1-2H3. The minimum atomic E-state index is 0.527. The number of hydrogen-bond donors (Lipinski definition) is 0. The molecule has 1 unspecified atom stereocenters. The number of hydrogen-bond acceptors (Lipinski definition) is 1. The van der Waals surface area contributed by atoms with Crippen LogP contribution in [0.3, 0.4) is 0 Å². The van der Waals surface area contributed by atoms with Crippen molar-refractivity contribution in [3.8, 4) is 0 Å². The van der Waals surface area contributed by atoms with Gasteiger partial charge in [0.25, 0.3) is 0 Å². The molecule has 0 spiro atoms. The van der Waals surface area contributed by atoms with Gasteiger partial charge in [0.2, 0.25) is 0 Å². The third-order valence-electron chi connectivity index (χ3n) is 2.40. The average Bonchev–Trinajstić information content (AvgIpc) is 2.44. The quantitative estimate of drug-likeness (QED) is 0.626. The minimum absolute atomic E-state index is 0.527. The maximum atomic E-state index is 5.75. The van der Waals surface area contributed by atoms with Crippen LogP contribution in [0.25, 0.3) is 0 Å². The van der Waals surface area contributed by atoms with Gasteiger partial charge in [-0.2, -0.15) is 0 Å². The van der Waals surface area contributed by atoms with E-state index in [4.69, 9.17) is 4.74 Å². The molecule has 0 N–H and O–H groups in total. The van der Waals surface area contributed by atoms with Gasteiger partial charge in [-0.1, -0.05) is 26.0 Å². The Morgan fingerprint density at radius 3 is 3.08 bits per heavy atom. The molecule has 2 rings (SSSR count). The van der Waals surface area contributed by atoms with Gasteiger partial charge in [0.15, 0.2) is 0 Å². The van der Waals surface area contributed by atoms with Crippen LogP contribution >= 0.6 is 0 Å². The summed E-state index contributed by atoms with van der Waals surface area (Å²) in [6.45, 7) is 4.44. The van der Waals surface area contributed by atoms with Crippen LogP contribution in [0, 0.1) is 11.8 Å². The molecule has 0 radical (unpaired) electrons. The van der Waals surface area contributed by atoms with Crippen LogP contribution in [-0.4, -0.2) is 0 Å². The van der Waals surface area contributed by atoms with E-state index in [2.05, 4.69) is 38.2 Å². The van der Waals surface area contributed by atoms with Crippen molar-refractivity contribution in [3.63, 3.8) is 0 Å². The number of allylic oxidation sites excluding steroid dienone is 5. The van der Waals surface area contributed by atoms with Gasteiger partial charge < -0.3 is 4.74 Å². The summed E-state index contributed by atoms with van der Waals surface area (Å²) in [5, 5.41) is 0. The first-order valence-corrected chi connectivity index (χ1v) is 5.01. The molecular formula is C12H16O. The van der Waals surface area contributed by atoms with Gasteiger partial charge in [-0.05, 0) is 24.5 Å². The largest absolute Gasteiger partial charge is 0.466 e. The maximum absolute atomic E-state index is 5.75. The molecule has 0 aromatic carbocycles. The molecule has 0 amide bonds. The van der Waals surface area contributed by atoms with E-state index in [0.29, 0.717) is 11.8 Å². The lowest BCUT2D eigenvalue weighted by molar-refractivity contribution is 0.280. The number of ether oxygens (including phenoxy) is 1. The van der Waals surface area contributed by atoms with E-state index >= 15 is 0 Å². The van der Waals surface area contributed by atoms with Crippen molar-refractivity contribution < 1.29 is 4.74 Å². The summed E-state index contributed by atoms with van der Waals surface area (Å²) in [6, 6.07) is 0. The first kappa shape index (κ1) is 8.61. The summed E-state index contributed by atoms with van der Waals surface area (Å²) in [6.07, 6.45) is 10.8. The summed E-state index contributed by atoms with van der Waals surface area (Å²) in [5.41, 5.74) is 0. The molecule has 70 valence electrons. The van der Waals surface area contributed by atoms with Gasteiger partial charge in [0, 0.05) is 12.3 Å². The van der Waals surface area contributed by atoms with E-state index in [9.17, 15) is 0 Å². The fraction of sp³-hybridized carbons (Fsp3) is 0.500. The van der Waals surface area contributed by atoms with Gasteiger partial charge in [-0.25, -0.2) is 0 Å². The Hall–Kier alpha value is -0.980. The van der Waals surface area contributed by atoms with Crippen molar-refractivity contribution >= 4 is 0 Å². The number of fused-ring (bicyclic) bond motifs is 1. The Morgan fingerprint density at radius 2 is 2.38 bits per heavy atom. The highest BCUT2D eigenvalue weighted by Crippen LogP contribution is 2.34. The molecule has 0 aromatic rings. The van der Waals surface area contributed by atoms with Gasteiger partial charge in [-0.3, -0.25) is 0 Å². The van der Waals surface area contributed by atoms with E-state index < -0.39 is 0 Å². The molecule has 0 aromatic heterocycles. The molecule has 1 atom stereocenters. The van der Waals surface area contributed by atoms with Crippen LogP contribution in [0.1, 0.15) is 26.7 Å². The molecule has 13 heavy (non-hydrogen) atoms. The second-order valence-corrected chi connectivity index (χ2v) is 4.17. The topological polar surface area (TPSA) is 9.23 Å². The van der Waals surface area contributed by atoms with Crippen LogP contribution in [0.5, 0.6) is 0 Å². The van der Waals surface area contributed by atoms with Crippen molar-refractivity contribution in [1.29, 1.82) is 0 Å². The third kappa shape index (κ3) is 1.85. The predicted molar refractivity (Wildman–Crippen MR) is 54.0 cm³/mol. The van der Waals surface area contributed by atoms with Gasteiger partial charge >= 0.3 is 0 Å². The first-order chi connectivity index (χ1) is 6.25. The highest BCUT2D eigenvalue weighted by atomic mass is 16.5. The van der Waals surface area contributed by atoms with Gasteiger partial charge in [0.05, 0.1) is 0 Å². The lowest BCUT2D eigenvalue weighted by Gasteiger charge is -2.11. The molecule has 1 aliphatic carbocycles. The summed E-state index contributed by atoms with van der Waals surface area (Å²) < 4.78 is 5.75. The molecule has 1 nitrogen and oxygen atoms in total. The van der Waals surface area contributed by atoms with Gasteiger partial charge in [0.1, 0.15) is 11.5 Å². The van der Waals surface area contributed by atoms with E-state index in [1.165, 1.54) is 0 Å². The van der Waals surface area contributed by atoms with Crippen molar-refractivity contribution in [1.82, 2.24) is 0 Å². The molecule has 2 aliphatic rings. The summed E-state index contributed by atoms with van der Waals surface area (Å²) >= 11 is 0. The molecule has 0 fully saturated rings. The Morgan fingerprint density at radius 1 is 1.54 bits per heavy atom. The van der Waals surface area contributed by atoms with Crippen molar-refractivity contribution in [2.75, 3.05) is 0 Å². The molecular weight excluding hydrogens is 160 g/mol. The smallest absolute Gasteiger partial charge is 0.111 e. The summed E-state index contributed by atoms with van der Waals surface area (Å²) in [5.74, 6) is 3.51. The highest BCUT2D eigenvalue weighted by Gasteiger charge is 2.23. The van der Waals surface area contributed by atoms with Crippen molar-refractivity contribution in [2.45, 2.75) is 26.7 Å². The van der Waals surface area contributed by atoms with Crippen LogP contribution in [0.15, 0.2) is 35.8 Å². The molecule has 1 heteroatoms. The Balaban J connectivity index is 2.04. The van der Waals surface area contributed by atoms with E-state index in [0.717, 1.165) is 24.4 Å². The molecule has 0 saturated heterocycles. The summed E-state index contributed by atoms with van der Waals surface area (Å²) in [7, 11) is 0. The summed E-state index contributed by atoms with van der Waals surface area (Å²) in [4.78, 5) is 0. The zero-order chi connectivity index (χ0) is 9.26. The molecule has 1 heterocycles. The monoisotopic (exact) mass is 176 g/mol. The zero-order valence-electron chi connectivity index (χ0n) is 8.29. The van der Waals surface area contributed by atoms with E-state index in [1.807, 2.05) is 0 Å². The highest BCUT2D eigenvalue weighted by molar-refractivity contribution is 5.27. The predicted octanol–water partition coefficient (Wildman–Crippen LogP) is 3.41. The maximum Gasteiger partial charge on any atom is 0.111 e. The normalized spacial score (nSPS) is 25.3. The second-order valence-electron chi connectivity index (χ2n) is 4.17. The Bertz CT molecular complexity index is 281. The molecule has 0 saturated carbocycles. The first-order valence-electron chi connectivity index (χ1n) is 5.01. The fourth-order valence-electron chi connectivity index (χ4n) is 1.81. The Kier molecular flexibility index (Phi) is 2.26. The van der Waals surface area contributed by atoms with Crippen LogP contribution < -0.4 is 0 Å². The third-order valence-corrected chi connectivity index (χ3v) is 2.40. The fourth-order valence-corrected chi connectivity index (χ4v) is 1.81. The van der Waals surface area contributed by atoms with Crippen LogP contribution in [-0.2, 0) is 4.74 Å². The lowest BCUT2D eigenvalue weighted by atomic mass is 9.99. The zero-order valence-corrected chi connectivity index (χ0v) is 8.29. The number of rotatable bonds is 2. The minimum Gasteiger partial charge on any atom is -0.466 e. The Labute approximate surface area is 79.8 Å². The van der Waals surface area contributed by atoms with Crippen LogP contribution in [0.4, 0.5) is 0 Å². The van der Waals surface area contributed by atoms with E-state index in [-0.39, 0.29) is 0 Å². The van der Waals surface area contributed by atoms with Gasteiger partial charge in [-0.15, -0.1) is 0 Å². The second kappa shape index (κ2) is 3.41. The lowest BCUT2D eigenvalue weighted by Crippen LogP contribution is -1.98. The van der Waals surface area contributed by atoms with Crippen molar-refractivity contribution in [2.24, 2.45) is 11.8 Å². The SMILES string of the molecule is CC(C)CC1=CC2CC=CC=C2O1. The average molecular weight is 176 g/mol. The molecule has 0 bridgehead atoms. The molecule has 1 aliphatic heterocycles. The van der Waals surface area contributed by atoms with Crippen molar-refractivity contribution in [3.05, 3.63) is 35.8 Å². The van der Waals surface area contributed by atoms with E-state index in [1.54, 1.807) is 0 Å². The van der Waals surface area contributed by atoms with Crippen LogP contribution in [0.2, 0.25) is 0 Å².